The first-order chi connectivity index (χ1) is 11.2. The minimum Gasteiger partial charge on any atom is -0.544 e. The van der Waals surface area contributed by atoms with Gasteiger partial charge >= 0.3 is 0 Å². The lowest BCUT2D eigenvalue weighted by molar-refractivity contribution is 0.0977. The summed E-state index contributed by atoms with van der Waals surface area (Å²) >= 11 is 0. The van der Waals surface area contributed by atoms with Crippen LogP contribution in [-0.4, -0.2) is 27.0 Å². The number of methoxy groups -OCH3 is 1. The summed E-state index contributed by atoms with van der Waals surface area (Å²) in [7, 11) is -0.429. The summed E-state index contributed by atoms with van der Waals surface area (Å²) in [5, 5.41) is 0. The van der Waals surface area contributed by atoms with E-state index in [0.717, 1.165) is 5.56 Å². The van der Waals surface area contributed by atoms with Crippen molar-refractivity contribution in [3.63, 3.8) is 0 Å². The molecule has 124 valence electrons. The molecule has 0 heterocycles. The van der Waals surface area contributed by atoms with Crippen LogP contribution in [0.5, 0.6) is 11.5 Å². The first-order valence-corrected chi connectivity index (χ1v) is 11.2. The normalized spacial score (nSPS) is 13.4. The molecule has 1 aliphatic carbocycles. The molecule has 1 aliphatic rings. The highest BCUT2D eigenvalue weighted by molar-refractivity contribution is 6.70. The SMILES string of the molecule is COc1cc(O[Si](C)(C)C)c2c(c1)C(=O)c1cc(C)ccc1C2=O. The Morgan fingerprint density at radius 3 is 2.21 bits per heavy atom. The molecule has 0 aliphatic heterocycles. The molecule has 2 aromatic rings. The Bertz CT molecular complexity index is 862. The number of hydrogen-bond acceptors (Lipinski definition) is 4. The largest absolute Gasteiger partial charge is 0.544 e. The molecule has 0 aromatic heterocycles. The third-order valence-electron chi connectivity index (χ3n) is 3.86. The van der Waals surface area contributed by atoms with Crippen molar-refractivity contribution in [2.45, 2.75) is 26.6 Å². The van der Waals surface area contributed by atoms with Crippen molar-refractivity contribution in [3.05, 3.63) is 58.1 Å². The molecule has 0 bridgehead atoms. The lowest BCUT2D eigenvalue weighted by Gasteiger charge is -2.26. The zero-order valence-corrected chi connectivity index (χ0v) is 15.5. The van der Waals surface area contributed by atoms with E-state index in [-0.39, 0.29) is 11.6 Å². The highest BCUT2D eigenvalue weighted by Crippen LogP contribution is 2.37. The maximum atomic E-state index is 13.0. The van der Waals surface area contributed by atoms with Crippen molar-refractivity contribution in [1.82, 2.24) is 0 Å². The number of fused-ring (bicyclic) bond motifs is 2. The van der Waals surface area contributed by atoms with Crippen LogP contribution in [0.3, 0.4) is 0 Å². The zero-order valence-electron chi connectivity index (χ0n) is 14.5. The maximum Gasteiger partial charge on any atom is 0.242 e. The highest BCUT2D eigenvalue weighted by atomic mass is 28.4. The first kappa shape index (κ1) is 16.5. The quantitative estimate of drug-likeness (QED) is 0.677. The number of hydrogen-bond donors (Lipinski definition) is 0. The predicted molar refractivity (Wildman–Crippen MR) is 95.0 cm³/mol. The topological polar surface area (TPSA) is 52.6 Å². The van der Waals surface area contributed by atoms with Gasteiger partial charge in [-0.1, -0.05) is 17.7 Å². The molecular weight excluding hydrogens is 320 g/mol. The van der Waals surface area contributed by atoms with E-state index in [4.69, 9.17) is 9.16 Å². The van der Waals surface area contributed by atoms with Gasteiger partial charge in [-0.3, -0.25) is 9.59 Å². The van der Waals surface area contributed by atoms with Crippen LogP contribution < -0.4 is 9.16 Å². The second-order valence-electron chi connectivity index (χ2n) is 6.97. The standard InChI is InChI=1S/C19H20O4Si/c1-11-6-7-13-14(8-11)18(20)15-9-12(22-2)10-16(17(15)19(13)21)23-24(3,4)5/h6-10H,1-5H3. The molecule has 4 nitrogen and oxygen atoms in total. The Balaban J connectivity index is 2.27. The fraction of sp³-hybridized carbons (Fsp3) is 0.263. The van der Waals surface area contributed by atoms with Gasteiger partial charge in [0, 0.05) is 22.8 Å². The van der Waals surface area contributed by atoms with E-state index >= 15 is 0 Å². The van der Waals surface area contributed by atoms with Crippen LogP contribution in [0.4, 0.5) is 0 Å². The molecule has 0 unspecified atom stereocenters. The number of ether oxygens (including phenoxy) is 1. The van der Waals surface area contributed by atoms with Crippen molar-refractivity contribution < 1.29 is 18.8 Å². The van der Waals surface area contributed by atoms with Crippen molar-refractivity contribution >= 4 is 19.9 Å². The summed E-state index contributed by atoms with van der Waals surface area (Å²) in [6.45, 7) is 8.00. The van der Waals surface area contributed by atoms with Crippen LogP contribution in [0.15, 0.2) is 30.3 Å². The zero-order chi connectivity index (χ0) is 17.6. The molecule has 0 N–H and O–H groups in total. The molecule has 24 heavy (non-hydrogen) atoms. The van der Waals surface area contributed by atoms with Gasteiger partial charge in [-0.25, -0.2) is 0 Å². The number of carbonyl (C=O) groups excluding carboxylic acids is 2. The fourth-order valence-electron chi connectivity index (χ4n) is 2.86. The Hall–Kier alpha value is -2.40. The first-order valence-electron chi connectivity index (χ1n) is 7.82. The van der Waals surface area contributed by atoms with Gasteiger partial charge < -0.3 is 9.16 Å². The van der Waals surface area contributed by atoms with Gasteiger partial charge in [-0.2, -0.15) is 0 Å². The summed E-state index contributed by atoms with van der Waals surface area (Å²) in [6, 6.07) is 8.64. The fourth-order valence-corrected chi connectivity index (χ4v) is 3.68. The van der Waals surface area contributed by atoms with E-state index in [1.54, 1.807) is 24.3 Å². The Kier molecular flexibility index (Phi) is 3.84. The molecule has 0 atom stereocenters. The highest BCUT2D eigenvalue weighted by Gasteiger charge is 2.34. The van der Waals surface area contributed by atoms with Crippen LogP contribution in [-0.2, 0) is 0 Å². The van der Waals surface area contributed by atoms with E-state index in [9.17, 15) is 9.59 Å². The summed E-state index contributed by atoms with van der Waals surface area (Å²) in [4.78, 5) is 26.0. The van der Waals surface area contributed by atoms with Crippen LogP contribution >= 0.6 is 0 Å². The van der Waals surface area contributed by atoms with Gasteiger partial charge in [0.05, 0.1) is 12.7 Å². The van der Waals surface area contributed by atoms with Crippen molar-refractivity contribution in [3.8, 4) is 11.5 Å². The van der Waals surface area contributed by atoms with Crippen molar-refractivity contribution in [1.29, 1.82) is 0 Å². The van der Waals surface area contributed by atoms with Crippen molar-refractivity contribution in [2.75, 3.05) is 7.11 Å². The van der Waals surface area contributed by atoms with Crippen LogP contribution in [0, 0.1) is 6.92 Å². The van der Waals surface area contributed by atoms with Gasteiger partial charge in [0.2, 0.25) is 8.32 Å². The minimum atomic E-state index is -1.96. The second-order valence-corrected chi connectivity index (χ2v) is 11.4. The maximum absolute atomic E-state index is 13.0. The van der Waals surface area contributed by atoms with E-state index < -0.39 is 8.32 Å². The number of rotatable bonds is 3. The summed E-state index contributed by atoms with van der Waals surface area (Å²) in [5.74, 6) is 0.616. The Labute approximate surface area is 142 Å². The number of aryl methyl sites for hydroxylation is 1. The molecule has 0 fully saturated rings. The molecule has 0 radical (unpaired) electrons. The summed E-state index contributed by atoms with van der Waals surface area (Å²) in [5.41, 5.74) is 2.52. The molecule has 0 saturated heterocycles. The predicted octanol–water partition coefficient (Wildman–Crippen LogP) is 3.99. The average Bonchev–Trinajstić information content (AvgIpc) is 2.50. The molecule has 0 saturated carbocycles. The van der Waals surface area contributed by atoms with Gasteiger partial charge in [0.15, 0.2) is 11.6 Å². The average molecular weight is 340 g/mol. The third kappa shape index (κ3) is 2.76. The lowest BCUT2D eigenvalue weighted by atomic mass is 9.83. The molecule has 0 spiro atoms. The van der Waals surface area contributed by atoms with Crippen LogP contribution in [0.25, 0.3) is 0 Å². The summed E-state index contributed by atoms with van der Waals surface area (Å²) in [6.07, 6.45) is 0. The number of carbonyl (C=O) groups is 2. The number of benzene rings is 2. The van der Waals surface area contributed by atoms with Crippen LogP contribution in [0.1, 0.15) is 37.4 Å². The molecule has 3 rings (SSSR count). The lowest BCUT2D eigenvalue weighted by Crippen LogP contribution is -2.31. The Morgan fingerprint density at radius 2 is 1.58 bits per heavy atom. The molecule has 5 heteroatoms. The smallest absolute Gasteiger partial charge is 0.242 e. The monoisotopic (exact) mass is 340 g/mol. The van der Waals surface area contributed by atoms with Crippen molar-refractivity contribution in [2.24, 2.45) is 0 Å². The third-order valence-corrected chi connectivity index (χ3v) is 4.70. The van der Waals surface area contributed by atoms with Crippen LogP contribution in [0.2, 0.25) is 19.6 Å². The van der Waals surface area contributed by atoms with E-state index in [1.807, 2.05) is 32.6 Å². The van der Waals surface area contributed by atoms with Gasteiger partial charge in [-0.05, 0) is 38.7 Å². The number of ketones is 2. The molecule has 2 aromatic carbocycles. The van der Waals surface area contributed by atoms with Gasteiger partial charge in [0.25, 0.3) is 0 Å². The van der Waals surface area contributed by atoms with E-state index in [2.05, 4.69) is 0 Å². The van der Waals surface area contributed by atoms with Gasteiger partial charge in [0.1, 0.15) is 11.5 Å². The summed E-state index contributed by atoms with van der Waals surface area (Å²) < 4.78 is 11.4. The molecular formula is C19H20O4Si. The van der Waals surface area contributed by atoms with Gasteiger partial charge in [-0.15, -0.1) is 0 Å². The van der Waals surface area contributed by atoms with E-state index in [0.29, 0.717) is 33.8 Å². The second kappa shape index (κ2) is 5.60. The minimum absolute atomic E-state index is 0.164. The van der Waals surface area contributed by atoms with E-state index in [1.165, 1.54) is 7.11 Å². The molecule has 0 amide bonds. The Morgan fingerprint density at radius 1 is 0.875 bits per heavy atom.